The first-order valence-electron chi connectivity index (χ1n) is 6.08. The van der Waals surface area contributed by atoms with Crippen LogP contribution in [0.5, 0.6) is 0 Å². The minimum atomic E-state index is -0.00668. The van der Waals surface area contributed by atoms with Gasteiger partial charge in [-0.25, -0.2) is 0 Å². The second-order valence-corrected chi connectivity index (χ2v) is 5.20. The molecule has 1 unspecified atom stereocenters. The van der Waals surface area contributed by atoms with Gasteiger partial charge in [0.25, 0.3) is 0 Å². The third-order valence-corrected chi connectivity index (χ3v) is 3.17. The van der Waals surface area contributed by atoms with E-state index in [1.54, 1.807) is 6.92 Å². The van der Waals surface area contributed by atoms with Gasteiger partial charge in [-0.1, -0.05) is 6.07 Å². The third-order valence-electron chi connectivity index (χ3n) is 3.17. The molecule has 2 rings (SSSR count). The molecule has 1 amide bonds. The largest absolute Gasteiger partial charge is 0.326 e. The number of benzene rings is 1. The van der Waals surface area contributed by atoms with Crippen LogP contribution in [0.3, 0.4) is 0 Å². The number of rotatable bonds is 3. The van der Waals surface area contributed by atoms with E-state index in [1.165, 1.54) is 11.1 Å². The van der Waals surface area contributed by atoms with E-state index in [0.29, 0.717) is 5.92 Å². The molecule has 0 fully saturated rings. The summed E-state index contributed by atoms with van der Waals surface area (Å²) in [5, 5.41) is 2.84. The minimum Gasteiger partial charge on any atom is -0.326 e. The number of hydrogen-bond donors (Lipinski definition) is 1. The van der Waals surface area contributed by atoms with E-state index in [1.807, 2.05) is 6.07 Å². The first kappa shape index (κ1) is 12.1. The Labute approximate surface area is 103 Å². The van der Waals surface area contributed by atoms with Gasteiger partial charge in [0.2, 0.25) is 5.91 Å². The number of carbonyl (C=O) groups excluding carboxylic acids is 1. The maximum atomic E-state index is 11.0. The lowest BCUT2D eigenvalue weighted by Crippen LogP contribution is -2.21. The molecular weight excluding hydrogens is 212 g/mol. The van der Waals surface area contributed by atoms with E-state index in [9.17, 15) is 4.79 Å². The molecule has 1 aromatic rings. The molecule has 0 aliphatic heterocycles. The molecule has 1 N–H and O–H groups in total. The molecule has 17 heavy (non-hydrogen) atoms. The summed E-state index contributed by atoms with van der Waals surface area (Å²) in [5.74, 6) is 0.709. The monoisotopic (exact) mass is 232 g/mol. The van der Waals surface area contributed by atoms with Crippen molar-refractivity contribution in [1.29, 1.82) is 0 Å². The van der Waals surface area contributed by atoms with Crippen LogP contribution in [-0.2, 0) is 17.6 Å². The van der Waals surface area contributed by atoms with Crippen molar-refractivity contribution in [2.45, 2.75) is 19.8 Å². The molecule has 0 aromatic heterocycles. The van der Waals surface area contributed by atoms with Crippen molar-refractivity contribution in [3.63, 3.8) is 0 Å². The van der Waals surface area contributed by atoms with Gasteiger partial charge in [0.1, 0.15) is 0 Å². The zero-order valence-electron chi connectivity index (χ0n) is 10.8. The van der Waals surface area contributed by atoms with Crippen molar-refractivity contribution in [2.75, 3.05) is 26.0 Å². The maximum Gasteiger partial charge on any atom is 0.221 e. The molecule has 0 spiro atoms. The summed E-state index contributed by atoms with van der Waals surface area (Å²) in [5.41, 5.74) is 3.75. The van der Waals surface area contributed by atoms with Crippen molar-refractivity contribution in [3.8, 4) is 0 Å². The lowest BCUT2D eigenvalue weighted by atomic mass is 10.1. The van der Waals surface area contributed by atoms with Crippen LogP contribution in [0, 0.1) is 5.92 Å². The predicted octanol–water partition coefficient (Wildman–Crippen LogP) is 1.92. The highest BCUT2D eigenvalue weighted by molar-refractivity contribution is 5.88. The SMILES string of the molecule is CC(=O)Nc1ccc2c(c1)CC(CN(C)C)C2. The Morgan fingerprint density at radius 2 is 2.06 bits per heavy atom. The Bertz CT molecular complexity index is 426. The number of nitrogens with zero attached hydrogens (tertiary/aromatic N) is 1. The van der Waals surface area contributed by atoms with Gasteiger partial charge in [0.05, 0.1) is 0 Å². The molecule has 3 heteroatoms. The average molecular weight is 232 g/mol. The topological polar surface area (TPSA) is 32.3 Å². The van der Waals surface area contributed by atoms with Gasteiger partial charge in [0, 0.05) is 19.2 Å². The lowest BCUT2D eigenvalue weighted by Gasteiger charge is -2.14. The van der Waals surface area contributed by atoms with E-state index in [4.69, 9.17) is 0 Å². The Hall–Kier alpha value is -1.35. The van der Waals surface area contributed by atoms with Crippen molar-refractivity contribution in [2.24, 2.45) is 5.92 Å². The van der Waals surface area contributed by atoms with Crippen LogP contribution in [0.4, 0.5) is 5.69 Å². The van der Waals surface area contributed by atoms with E-state index in [0.717, 1.165) is 25.1 Å². The van der Waals surface area contributed by atoms with Gasteiger partial charge in [-0.3, -0.25) is 4.79 Å². The van der Waals surface area contributed by atoms with Crippen LogP contribution < -0.4 is 5.32 Å². The molecule has 92 valence electrons. The van der Waals surface area contributed by atoms with E-state index in [-0.39, 0.29) is 5.91 Å². The van der Waals surface area contributed by atoms with E-state index >= 15 is 0 Å². The summed E-state index contributed by atoms with van der Waals surface area (Å²) in [6.07, 6.45) is 2.29. The van der Waals surface area contributed by atoms with Crippen LogP contribution in [0.15, 0.2) is 18.2 Å². The summed E-state index contributed by atoms with van der Waals surface area (Å²) < 4.78 is 0. The Morgan fingerprint density at radius 3 is 2.71 bits per heavy atom. The van der Waals surface area contributed by atoms with Gasteiger partial charge in [-0.15, -0.1) is 0 Å². The molecule has 1 atom stereocenters. The predicted molar refractivity (Wildman–Crippen MR) is 70.2 cm³/mol. The van der Waals surface area contributed by atoms with Crippen molar-refractivity contribution in [1.82, 2.24) is 4.90 Å². The Kier molecular flexibility index (Phi) is 3.48. The van der Waals surface area contributed by atoms with E-state index in [2.05, 4.69) is 36.4 Å². The Balaban J connectivity index is 2.08. The van der Waals surface area contributed by atoms with Crippen LogP contribution in [-0.4, -0.2) is 31.4 Å². The first-order chi connectivity index (χ1) is 8.04. The summed E-state index contributed by atoms with van der Waals surface area (Å²) in [6.45, 7) is 2.67. The highest BCUT2D eigenvalue weighted by Crippen LogP contribution is 2.29. The standard InChI is InChI=1S/C14H20N2O/c1-10(17)15-14-5-4-12-6-11(9-16(2)3)7-13(12)8-14/h4-5,8,11H,6-7,9H2,1-3H3,(H,15,17). The molecule has 0 saturated heterocycles. The molecule has 3 nitrogen and oxygen atoms in total. The number of nitrogens with one attached hydrogen (secondary N) is 1. The number of fused-ring (bicyclic) bond motifs is 1. The fourth-order valence-electron chi connectivity index (χ4n) is 2.64. The second kappa shape index (κ2) is 4.88. The van der Waals surface area contributed by atoms with E-state index < -0.39 is 0 Å². The van der Waals surface area contributed by atoms with Crippen molar-refractivity contribution < 1.29 is 4.79 Å². The number of hydrogen-bond acceptors (Lipinski definition) is 2. The summed E-state index contributed by atoms with van der Waals surface area (Å²) >= 11 is 0. The van der Waals surface area contributed by atoms with Gasteiger partial charge in [0.15, 0.2) is 0 Å². The summed E-state index contributed by atoms with van der Waals surface area (Å²) in [6, 6.07) is 6.26. The quantitative estimate of drug-likeness (QED) is 0.863. The van der Waals surface area contributed by atoms with Crippen LogP contribution >= 0.6 is 0 Å². The molecule has 1 aliphatic carbocycles. The fraction of sp³-hybridized carbons (Fsp3) is 0.500. The molecule has 0 bridgehead atoms. The van der Waals surface area contributed by atoms with Gasteiger partial charge < -0.3 is 10.2 Å². The normalized spacial score (nSPS) is 18.2. The fourth-order valence-corrected chi connectivity index (χ4v) is 2.64. The molecule has 1 aromatic carbocycles. The van der Waals surface area contributed by atoms with Gasteiger partial charge >= 0.3 is 0 Å². The lowest BCUT2D eigenvalue weighted by molar-refractivity contribution is -0.114. The highest BCUT2D eigenvalue weighted by atomic mass is 16.1. The highest BCUT2D eigenvalue weighted by Gasteiger charge is 2.21. The molecule has 0 saturated carbocycles. The third kappa shape index (κ3) is 3.07. The molecule has 1 aliphatic rings. The second-order valence-electron chi connectivity index (χ2n) is 5.20. The Morgan fingerprint density at radius 1 is 1.35 bits per heavy atom. The van der Waals surface area contributed by atoms with Crippen LogP contribution in [0.25, 0.3) is 0 Å². The van der Waals surface area contributed by atoms with Crippen LogP contribution in [0.1, 0.15) is 18.1 Å². The zero-order valence-corrected chi connectivity index (χ0v) is 10.8. The van der Waals surface area contributed by atoms with Gasteiger partial charge in [-0.05, 0) is 56.1 Å². The first-order valence-corrected chi connectivity index (χ1v) is 6.08. The minimum absolute atomic E-state index is 0.00668. The van der Waals surface area contributed by atoms with Crippen LogP contribution in [0.2, 0.25) is 0 Å². The smallest absolute Gasteiger partial charge is 0.221 e. The van der Waals surface area contributed by atoms with Gasteiger partial charge in [-0.2, -0.15) is 0 Å². The van der Waals surface area contributed by atoms with Crippen molar-refractivity contribution in [3.05, 3.63) is 29.3 Å². The molecular formula is C14H20N2O. The maximum absolute atomic E-state index is 11.0. The molecule has 0 radical (unpaired) electrons. The summed E-state index contributed by atoms with van der Waals surface area (Å²) in [7, 11) is 4.23. The average Bonchev–Trinajstić information content (AvgIpc) is 2.56. The molecule has 0 heterocycles. The summed E-state index contributed by atoms with van der Waals surface area (Å²) in [4.78, 5) is 13.2. The zero-order chi connectivity index (χ0) is 12.4. The number of anilines is 1. The number of carbonyl (C=O) groups is 1. The number of amides is 1. The van der Waals surface area contributed by atoms with Crippen molar-refractivity contribution >= 4 is 11.6 Å².